The number of nitrogens with one attached hydrogen (secondary N) is 1. The van der Waals surface area contributed by atoms with Crippen molar-refractivity contribution in [3.63, 3.8) is 0 Å². The number of halogens is 2. The zero-order valence-electron chi connectivity index (χ0n) is 6.74. The molecular formula is C7H11Br2NO. The monoisotopic (exact) mass is 283 g/mol. The predicted molar refractivity (Wildman–Crippen MR) is 53.5 cm³/mol. The SMILES string of the molecule is CC(C)(C)C(=O)NC=C(Br)Br. The molecule has 64 valence electrons. The van der Waals surface area contributed by atoms with E-state index in [1.54, 1.807) is 6.20 Å². The Morgan fingerprint density at radius 3 is 2.09 bits per heavy atom. The molecule has 0 heterocycles. The third-order valence-corrected chi connectivity index (χ3v) is 1.45. The summed E-state index contributed by atoms with van der Waals surface area (Å²) >= 11 is 6.27. The van der Waals surface area contributed by atoms with Crippen molar-refractivity contribution < 1.29 is 4.79 Å². The van der Waals surface area contributed by atoms with E-state index in [1.165, 1.54) is 0 Å². The van der Waals surface area contributed by atoms with Gasteiger partial charge in [-0.15, -0.1) is 0 Å². The third kappa shape index (κ3) is 5.44. The van der Waals surface area contributed by atoms with Crippen molar-refractivity contribution in [3.05, 3.63) is 9.59 Å². The normalized spacial score (nSPS) is 10.6. The third-order valence-electron chi connectivity index (χ3n) is 0.994. The number of carbonyl (C=O) groups excluding carboxylic acids is 1. The van der Waals surface area contributed by atoms with Crippen molar-refractivity contribution in [2.75, 3.05) is 0 Å². The van der Waals surface area contributed by atoms with Crippen LogP contribution in [0.5, 0.6) is 0 Å². The topological polar surface area (TPSA) is 29.1 Å². The molecule has 0 aromatic carbocycles. The summed E-state index contributed by atoms with van der Waals surface area (Å²) < 4.78 is 0.725. The van der Waals surface area contributed by atoms with E-state index in [0.717, 1.165) is 3.39 Å². The Balaban J connectivity index is 4.01. The second kappa shape index (κ2) is 4.26. The van der Waals surface area contributed by atoms with Gasteiger partial charge in [0.25, 0.3) is 0 Å². The lowest BCUT2D eigenvalue weighted by atomic mass is 9.96. The first-order valence-electron chi connectivity index (χ1n) is 3.16. The fourth-order valence-corrected chi connectivity index (χ4v) is 0.566. The van der Waals surface area contributed by atoms with Crippen LogP contribution in [0.4, 0.5) is 0 Å². The number of rotatable bonds is 1. The molecule has 0 saturated heterocycles. The number of hydrogen-bond acceptors (Lipinski definition) is 1. The zero-order valence-corrected chi connectivity index (χ0v) is 9.91. The molecule has 0 aliphatic rings. The van der Waals surface area contributed by atoms with Crippen LogP contribution in [0.25, 0.3) is 0 Å². The minimum absolute atomic E-state index is 0.00565. The van der Waals surface area contributed by atoms with Crippen LogP contribution in [0.3, 0.4) is 0 Å². The van der Waals surface area contributed by atoms with Crippen molar-refractivity contribution in [2.24, 2.45) is 5.41 Å². The van der Waals surface area contributed by atoms with Gasteiger partial charge in [-0.3, -0.25) is 4.79 Å². The largest absolute Gasteiger partial charge is 0.331 e. The van der Waals surface area contributed by atoms with Crippen LogP contribution in [0, 0.1) is 5.41 Å². The van der Waals surface area contributed by atoms with Crippen LogP contribution >= 0.6 is 31.9 Å². The maximum Gasteiger partial charge on any atom is 0.229 e. The summed E-state index contributed by atoms with van der Waals surface area (Å²) in [5.41, 5.74) is -0.341. The molecule has 0 bridgehead atoms. The van der Waals surface area contributed by atoms with Crippen LogP contribution in [-0.4, -0.2) is 5.91 Å². The van der Waals surface area contributed by atoms with E-state index < -0.39 is 0 Å². The van der Waals surface area contributed by atoms with Crippen LogP contribution < -0.4 is 5.32 Å². The first-order chi connectivity index (χ1) is 4.84. The molecule has 0 fully saturated rings. The highest BCUT2D eigenvalue weighted by molar-refractivity contribution is 9.28. The summed E-state index contributed by atoms with van der Waals surface area (Å²) in [4.78, 5) is 11.2. The van der Waals surface area contributed by atoms with E-state index in [4.69, 9.17) is 0 Å². The lowest BCUT2D eigenvalue weighted by Crippen LogP contribution is -2.31. The van der Waals surface area contributed by atoms with E-state index in [-0.39, 0.29) is 11.3 Å². The van der Waals surface area contributed by atoms with Gasteiger partial charge in [-0.05, 0) is 31.9 Å². The van der Waals surface area contributed by atoms with E-state index in [0.29, 0.717) is 0 Å². The van der Waals surface area contributed by atoms with Gasteiger partial charge >= 0.3 is 0 Å². The lowest BCUT2D eigenvalue weighted by molar-refractivity contribution is -0.127. The average molecular weight is 285 g/mol. The molecule has 4 heteroatoms. The highest BCUT2D eigenvalue weighted by atomic mass is 79.9. The van der Waals surface area contributed by atoms with Crippen molar-refractivity contribution in [3.8, 4) is 0 Å². The summed E-state index contributed by atoms with van der Waals surface area (Å²) in [5, 5.41) is 2.63. The summed E-state index contributed by atoms with van der Waals surface area (Å²) in [6.07, 6.45) is 1.56. The van der Waals surface area contributed by atoms with Gasteiger partial charge in [0, 0.05) is 11.6 Å². The minimum Gasteiger partial charge on any atom is -0.331 e. The van der Waals surface area contributed by atoms with E-state index in [9.17, 15) is 4.79 Å². The molecule has 0 radical (unpaired) electrons. The molecule has 0 aromatic rings. The van der Waals surface area contributed by atoms with Crippen molar-refractivity contribution >= 4 is 37.8 Å². The molecule has 0 aliphatic heterocycles. The first-order valence-corrected chi connectivity index (χ1v) is 4.75. The van der Waals surface area contributed by atoms with Gasteiger partial charge in [0.1, 0.15) is 0 Å². The number of carbonyl (C=O) groups is 1. The first kappa shape index (κ1) is 11.2. The van der Waals surface area contributed by atoms with E-state index >= 15 is 0 Å². The van der Waals surface area contributed by atoms with Gasteiger partial charge in [-0.1, -0.05) is 20.8 Å². The Morgan fingerprint density at radius 2 is 1.82 bits per heavy atom. The Bertz CT molecular complexity index is 177. The van der Waals surface area contributed by atoms with Crippen LogP contribution in [0.2, 0.25) is 0 Å². The fourth-order valence-electron chi connectivity index (χ4n) is 0.337. The molecule has 1 N–H and O–H groups in total. The Labute approximate surface area is 83.7 Å². The molecule has 0 unspecified atom stereocenters. The van der Waals surface area contributed by atoms with Gasteiger partial charge in [0.05, 0.1) is 3.39 Å². The summed E-state index contributed by atoms with van der Waals surface area (Å²) in [6.45, 7) is 5.58. The molecule has 0 rings (SSSR count). The average Bonchev–Trinajstić information content (AvgIpc) is 1.80. The minimum atomic E-state index is -0.341. The van der Waals surface area contributed by atoms with Crippen LogP contribution in [-0.2, 0) is 4.79 Å². The smallest absolute Gasteiger partial charge is 0.229 e. The van der Waals surface area contributed by atoms with E-state index in [1.807, 2.05) is 20.8 Å². The Hall–Kier alpha value is 0.170. The summed E-state index contributed by atoms with van der Waals surface area (Å²) in [6, 6.07) is 0. The molecular weight excluding hydrogens is 274 g/mol. The predicted octanol–water partition coefficient (Wildman–Crippen LogP) is 2.74. The zero-order chi connectivity index (χ0) is 9.07. The molecule has 11 heavy (non-hydrogen) atoms. The van der Waals surface area contributed by atoms with Crippen molar-refractivity contribution in [2.45, 2.75) is 20.8 Å². The molecule has 1 amide bonds. The second-order valence-corrected chi connectivity index (χ2v) is 5.93. The second-order valence-electron chi connectivity index (χ2n) is 3.16. The summed E-state index contributed by atoms with van der Waals surface area (Å²) in [7, 11) is 0. The number of hydrogen-bond donors (Lipinski definition) is 1. The summed E-state index contributed by atoms with van der Waals surface area (Å²) in [5.74, 6) is -0.00565. The van der Waals surface area contributed by atoms with Crippen molar-refractivity contribution in [1.29, 1.82) is 0 Å². The quantitative estimate of drug-likeness (QED) is 0.788. The number of amides is 1. The Kier molecular flexibility index (Phi) is 4.32. The highest BCUT2D eigenvalue weighted by Crippen LogP contribution is 2.14. The molecule has 0 atom stereocenters. The van der Waals surface area contributed by atoms with Gasteiger partial charge in [0.2, 0.25) is 5.91 Å². The maximum atomic E-state index is 11.2. The maximum absolute atomic E-state index is 11.2. The van der Waals surface area contributed by atoms with Gasteiger partial charge < -0.3 is 5.32 Å². The molecule has 2 nitrogen and oxygen atoms in total. The lowest BCUT2D eigenvalue weighted by Gasteiger charge is -2.15. The van der Waals surface area contributed by atoms with Gasteiger partial charge in [-0.25, -0.2) is 0 Å². The highest BCUT2D eigenvalue weighted by Gasteiger charge is 2.19. The molecule has 0 aliphatic carbocycles. The van der Waals surface area contributed by atoms with Crippen LogP contribution in [0.1, 0.15) is 20.8 Å². The van der Waals surface area contributed by atoms with Crippen molar-refractivity contribution in [1.82, 2.24) is 5.32 Å². The molecule has 0 spiro atoms. The molecule has 0 saturated carbocycles. The van der Waals surface area contributed by atoms with Gasteiger partial charge in [-0.2, -0.15) is 0 Å². The fraction of sp³-hybridized carbons (Fsp3) is 0.571. The standard InChI is InChI=1S/C7H11Br2NO/c1-7(2,3)6(11)10-4-5(8)9/h4H,1-3H3,(H,10,11). The van der Waals surface area contributed by atoms with Crippen LogP contribution in [0.15, 0.2) is 9.59 Å². The van der Waals surface area contributed by atoms with E-state index in [2.05, 4.69) is 37.2 Å². The molecule has 0 aromatic heterocycles. The van der Waals surface area contributed by atoms with Gasteiger partial charge in [0.15, 0.2) is 0 Å². The Morgan fingerprint density at radius 1 is 1.36 bits per heavy atom.